The number of nitrogens with one attached hydrogen (secondary N) is 1. The molecule has 0 bridgehead atoms. The number of benzene rings is 1. The van der Waals surface area contributed by atoms with Crippen molar-refractivity contribution in [1.82, 2.24) is 5.43 Å². The Bertz CT molecular complexity index is 321. The first-order valence-corrected chi connectivity index (χ1v) is 4.98. The minimum Gasteiger partial charge on any atom is -0.362 e. The molecule has 0 spiro atoms. The molecule has 4 heteroatoms. The predicted molar refractivity (Wildman–Crippen MR) is 61.4 cm³/mol. The zero-order valence-corrected chi connectivity index (χ0v) is 9.16. The van der Waals surface area contributed by atoms with Gasteiger partial charge >= 0.3 is 0 Å². The lowest BCUT2D eigenvalue weighted by molar-refractivity contribution is -0.119. The third-order valence-electron chi connectivity index (χ3n) is 2.28. The number of hydrogen-bond donors (Lipinski definition) is 2. The summed E-state index contributed by atoms with van der Waals surface area (Å²) in [5.41, 5.74) is 4.37. The normalized spacial score (nSPS) is 9.80. The number of hydrogen-bond acceptors (Lipinski definition) is 3. The number of aryl methyl sites for hydroxylation is 1. The van der Waals surface area contributed by atoms with Gasteiger partial charge in [-0.1, -0.05) is 17.7 Å². The van der Waals surface area contributed by atoms with Crippen LogP contribution in [-0.4, -0.2) is 19.0 Å². The molecule has 0 aliphatic carbocycles. The van der Waals surface area contributed by atoms with E-state index in [0.29, 0.717) is 0 Å². The Kier molecular flexibility index (Phi) is 4.12. The molecule has 0 saturated heterocycles. The SMILES string of the molecule is CCN(CC(=O)NN)c1ccc(C)cc1. The maximum Gasteiger partial charge on any atom is 0.253 e. The summed E-state index contributed by atoms with van der Waals surface area (Å²) in [5.74, 6) is 4.87. The number of carbonyl (C=O) groups is 1. The van der Waals surface area contributed by atoms with Crippen LogP contribution in [0.15, 0.2) is 24.3 Å². The molecular formula is C11H17N3O. The summed E-state index contributed by atoms with van der Waals surface area (Å²) in [4.78, 5) is 13.1. The van der Waals surface area contributed by atoms with Crippen LogP contribution in [0.3, 0.4) is 0 Å². The molecular weight excluding hydrogens is 190 g/mol. The van der Waals surface area contributed by atoms with Gasteiger partial charge in [-0.3, -0.25) is 10.2 Å². The van der Waals surface area contributed by atoms with Gasteiger partial charge in [-0.15, -0.1) is 0 Å². The summed E-state index contributed by atoms with van der Waals surface area (Å²) in [6.45, 7) is 5.10. The van der Waals surface area contributed by atoms with Gasteiger partial charge in [0.25, 0.3) is 5.91 Å². The summed E-state index contributed by atoms with van der Waals surface area (Å²) < 4.78 is 0. The van der Waals surface area contributed by atoms with E-state index >= 15 is 0 Å². The number of amides is 1. The van der Waals surface area contributed by atoms with Crippen LogP contribution in [-0.2, 0) is 4.79 Å². The zero-order valence-electron chi connectivity index (χ0n) is 9.16. The van der Waals surface area contributed by atoms with Crippen LogP contribution in [0.1, 0.15) is 12.5 Å². The first-order chi connectivity index (χ1) is 7.17. The topological polar surface area (TPSA) is 58.4 Å². The van der Waals surface area contributed by atoms with Gasteiger partial charge in [-0.05, 0) is 26.0 Å². The highest BCUT2D eigenvalue weighted by Gasteiger charge is 2.07. The molecule has 1 rings (SSSR count). The van der Waals surface area contributed by atoms with Crippen molar-refractivity contribution in [2.75, 3.05) is 18.0 Å². The number of hydrazine groups is 1. The molecule has 82 valence electrons. The van der Waals surface area contributed by atoms with Crippen LogP contribution >= 0.6 is 0 Å². The molecule has 0 radical (unpaired) electrons. The van der Waals surface area contributed by atoms with Gasteiger partial charge in [0.2, 0.25) is 0 Å². The van der Waals surface area contributed by atoms with E-state index in [1.165, 1.54) is 5.56 Å². The van der Waals surface area contributed by atoms with E-state index in [1.807, 2.05) is 43.0 Å². The van der Waals surface area contributed by atoms with Gasteiger partial charge in [0, 0.05) is 12.2 Å². The van der Waals surface area contributed by atoms with E-state index in [4.69, 9.17) is 5.84 Å². The van der Waals surface area contributed by atoms with Crippen molar-refractivity contribution in [3.63, 3.8) is 0 Å². The summed E-state index contributed by atoms with van der Waals surface area (Å²) in [6.07, 6.45) is 0. The highest BCUT2D eigenvalue weighted by atomic mass is 16.2. The summed E-state index contributed by atoms with van der Waals surface area (Å²) in [6, 6.07) is 8.06. The summed E-state index contributed by atoms with van der Waals surface area (Å²) >= 11 is 0. The van der Waals surface area contributed by atoms with Crippen LogP contribution in [0.25, 0.3) is 0 Å². The number of likely N-dealkylation sites (N-methyl/N-ethyl adjacent to an activating group) is 1. The van der Waals surface area contributed by atoms with Gasteiger partial charge in [-0.25, -0.2) is 5.84 Å². The Morgan fingerprint density at radius 3 is 2.47 bits per heavy atom. The summed E-state index contributed by atoms with van der Waals surface area (Å²) in [5, 5.41) is 0. The number of anilines is 1. The van der Waals surface area contributed by atoms with Crippen molar-refractivity contribution in [2.45, 2.75) is 13.8 Å². The Hall–Kier alpha value is -1.55. The van der Waals surface area contributed by atoms with E-state index in [1.54, 1.807) is 0 Å². The van der Waals surface area contributed by atoms with Crippen LogP contribution in [0.5, 0.6) is 0 Å². The first kappa shape index (κ1) is 11.5. The fourth-order valence-electron chi connectivity index (χ4n) is 1.36. The van der Waals surface area contributed by atoms with Crippen molar-refractivity contribution < 1.29 is 4.79 Å². The standard InChI is InChI=1S/C11H17N3O/c1-3-14(8-11(15)13-12)10-6-4-9(2)5-7-10/h4-7H,3,8,12H2,1-2H3,(H,13,15). The molecule has 0 saturated carbocycles. The molecule has 15 heavy (non-hydrogen) atoms. The second-order valence-corrected chi connectivity index (χ2v) is 3.42. The molecule has 1 aromatic carbocycles. The Balaban J connectivity index is 2.74. The molecule has 0 heterocycles. The molecule has 3 N–H and O–H groups in total. The number of carbonyl (C=O) groups excluding carboxylic acids is 1. The maximum absolute atomic E-state index is 11.1. The summed E-state index contributed by atoms with van der Waals surface area (Å²) in [7, 11) is 0. The highest BCUT2D eigenvalue weighted by molar-refractivity contribution is 5.80. The lowest BCUT2D eigenvalue weighted by Crippen LogP contribution is -2.40. The monoisotopic (exact) mass is 207 g/mol. The second kappa shape index (κ2) is 5.36. The van der Waals surface area contributed by atoms with Gasteiger partial charge < -0.3 is 4.90 Å². The van der Waals surface area contributed by atoms with E-state index in [-0.39, 0.29) is 12.5 Å². The first-order valence-electron chi connectivity index (χ1n) is 4.98. The van der Waals surface area contributed by atoms with E-state index < -0.39 is 0 Å². The second-order valence-electron chi connectivity index (χ2n) is 3.42. The minimum absolute atomic E-state index is 0.183. The lowest BCUT2D eigenvalue weighted by Gasteiger charge is -2.21. The fraction of sp³-hybridized carbons (Fsp3) is 0.364. The van der Waals surface area contributed by atoms with Crippen molar-refractivity contribution in [3.05, 3.63) is 29.8 Å². The van der Waals surface area contributed by atoms with E-state index in [2.05, 4.69) is 5.43 Å². The van der Waals surface area contributed by atoms with Crippen LogP contribution in [0.4, 0.5) is 5.69 Å². The predicted octanol–water partition coefficient (Wildman–Crippen LogP) is 0.811. The average molecular weight is 207 g/mol. The molecule has 0 unspecified atom stereocenters. The number of nitrogens with zero attached hydrogens (tertiary/aromatic N) is 1. The van der Waals surface area contributed by atoms with Crippen molar-refractivity contribution in [3.8, 4) is 0 Å². The smallest absolute Gasteiger partial charge is 0.253 e. The molecule has 0 aliphatic rings. The van der Waals surface area contributed by atoms with E-state index in [9.17, 15) is 4.79 Å². The van der Waals surface area contributed by atoms with Gasteiger partial charge in [0.15, 0.2) is 0 Å². The van der Waals surface area contributed by atoms with Crippen molar-refractivity contribution in [1.29, 1.82) is 0 Å². The number of rotatable bonds is 4. The van der Waals surface area contributed by atoms with Crippen LogP contribution in [0, 0.1) is 6.92 Å². The molecule has 0 fully saturated rings. The van der Waals surface area contributed by atoms with Crippen LogP contribution < -0.4 is 16.2 Å². The molecule has 0 aromatic heterocycles. The number of nitrogens with two attached hydrogens (primary N) is 1. The van der Waals surface area contributed by atoms with Gasteiger partial charge in [0.05, 0.1) is 6.54 Å². The van der Waals surface area contributed by atoms with Crippen LogP contribution in [0.2, 0.25) is 0 Å². The zero-order chi connectivity index (χ0) is 11.3. The quantitative estimate of drug-likeness (QED) is 0.436. The third-order valence-corrected chi connectivity index (χ3v) is 2.28. The molecule has 1 aromatic rings. The average Bonchev–Trinajstić information content (AvgIpc) is 2.27. The Labute approximate surface area is 90.0 Å². The molecule has 4 nitrogen and oxygen atoms in total. The van der Waals surface area contributed by atoms with Gasteiger partial charge in [0.1, 0.15) is 0 Å². The lowest BCUT2D eigenvalue weighted by atomic mass is 10.2. The maximum atomic E-state index is 11.1. The van der Waals surface area contributed by atoms with Gasteiger partial charge in [-0.2, -0.15) is 0 Å². The molecule has 0 atom stereocenters. The minimum atomic E-state index is -0.183. The molecule has 0 aliphatic heterocycles. The largest absolute Gasteiger partial charge is 0.362 e. The Morgan fingerprint density at radius 2 is 2.00 bits per heavy atom. The fourth-order valence-corrected chi connectivity index (χ4v) is 1.36. The van der Waals surface area contributed by atoms with Crippen molar-refractivity contribution >= 4 is 11.6 Å². The Morgan fingerprint density at radius 1 is 1.40 bits per heavy atom. The third kappa shape index (κ3) is 3.25. The van der Waals surface area contributed by atoms with E-state index in [0.717, 1.165) is 12.2 Å². The molecule has 1 amide bonds. The van der Waals surface area contributed by atoms with Crippen molar-refractivity contribution in [2.24, 2.45) is 5.84 Å². The highest BCUT2D eigenvalue weighted by Crippen LogP contribution is 2.14.